The van der Waals surface area contributed by atoms with Crippen molar-refractivity contribution in [2.24, 2.45) is 0 Å². The van der Waals surface area contributed by atoms with E-state index in [1.54, 1.807) is 0 Å². The maximum Gasteiger partial charge on any atom is 0.256 e. The fourth-order valence-electron chi connectivity index (χ4n) is 4.71. The molecule has 5 rings (SSSR count). The summed E-state index contributed by atoms with van der Waals surface area (Å²) in [6, 6.07) is 36.9. The van der Waals surface area contributed by atoms with Crippen LogP contribution in [0.4, 0.5) is 11.4 Å². The molecule has 0 bridgehead atoms. The normalized spacial score (nSPS) is 14.4. The molecule has 0 atom stereocenters. The molecule has 2 N–H and O–H groups in total. The van der Waals surface area contributed by atoms with E-state index in [0.29, 0.717) is 11.6 Å². The third-order valence-electron chi connectivity index (χ3n) is 6.61. The highest BCUT2D eigenvalue weighted by molar-refractivity contribution is 6.08. The zero-order valence-corrected chi connectivity index (χ0v) is 19.9. The van der Waals surface area contributed by atoms with Crippen LogP contribution < -0.4 is 10.6 Å². The Hall–Kier alpha value is -3.89. The van der Waals surface area contributed by atoms with E-state index < -0.39 is 0 Å². The average Bonchev–Trinajstić information content (AvgIpc) is 2.92. The van der Waals surface area contributed by atoms with Crippen LogP contribution in [0.5, 0.6) is 0 Å². The first kappa shape index (κ1) is 22.9. The number of carbonyl (C=O) groups excluding carboxylic acids is 1. The van der Waals surface area contributed by atoms with Gasteiger partial charge in [-0.3, -0.25) is 9.69 Å². The molecular formula is C31H31N3O. The summed E-state index contributed by atoms with van der Waals surface area (Å²) >= 11 is 0. The summed E-state index contributed by atoms with van der Waals surface area (Å²) in [5.41, 5.74) is 5.90. The summed E-state index contributed by atoms with van der Waals surface area (Å²) in [5.74, 6) is -0.101. The number of benzene rings is 4. The van der Waals surface area contributed by atoms with Gasteiger partial charge in [-0.2, -0.15) is 0 Å². The molecule has 0 spiro atoms. The molecule has 0 radical (unpaired) electrons. The molecule has 35 heavy (non-hydrogen) atoms. The second kappa shape index (κ2) is 11.0. The maximum absolute atomic E-state index is 13.0. The van der Waals surface area contributed by atoms with Gasteiger partial charge in [0.15, 0.2) is 0 Å². The highest BCUT2D eigenvalue weighted by Crippen LogP contribution is 2.25. The van der Waals surface area contributed by atoms with Crippen molar-refractivity contribution in [3.8, 4) is 11.1 Å². The first-order chi connectivity index (χ1) is 17.2. The monoisotopic (exact) mass is 461 g/mol. The lowest BCUT2D eigenvalue weighted by Gasteiger charge is -2.33. The summed E-state index contributed by atoms with van der Waals surface area (Å²) in [5, 5.41) is 6.72. The topological polar surface area (TPSA) is 44.4 Å². The van der Waals surface area contributed by atoms with Gasteiger partial charge in [-0.25, -0.2) is 0 Å². The summed E-state index contributed by atoms with van der Waals surface area (Å²) < 4.78 is 0. The number of rotatable bonds is 7. The third kappa shape index (κ3) is 5.97. The molecular weight excluding hydrogens is 430 g/mol. The van der Waals surface area contributed by atoms with Crippen LogP contribution >= 0.6 is 0 Å². The molecule has 0 unspecified atom stereocenters. The van der Waals surface area contributed by atoms with Crippen LogP contribution in [-0.4, -0.2) is 29.9 Å². The molecule has 1 aliphatic rings. The Kier molecular flexibility index (Phi) is 7.21. The number of hydrogen-bond donors (Lipinski definition) is 2. The van der Waals surface area contributed by atoms with Crippen LogP contribution in [0, 0.1) is 0 Å². The van der Waals surface area contributed by atoms with Gasteiger partial charge in [0.25, 0.3) is 5.91 Å². The number of nitrogens with one attached hydrogen (secondary N) is 2. The van der Waals surface area contributed by atoms with Gasteiger partial charge >= 0.3 is 0 Å². The van der Waals surface area contributed by atoms with Crippen molar-refractivity contribution in [3.05, 3.63) is 120 Å². The maximum atomic E-state index is 13.0. The summed E-state index contributed by atoms with van der Waals surface area (Å²) in [4.78, 5) is 15.6. The summed E-state index contributed by atoms with van der Waals surface area (Å²) in [7, 11) is 0. The first-order valence-electron chi connectivity index (χ1n) is 12.3. The Labute approximate surface area is 207 Å². The van der Waals surface area contributed by atoms with Crippen LogP contribution in [0.1, 0.15) is 28.8 Å². The molecule has 0 saturated carbocycles. The minimum absolute atomic E-state index is 0.101. The van der Waals surface area contributed by atoms with Crippen molar-refractivity contribution in [2.45, 2.75) is 25.4 Å². The predicted molar refractivity (Wildman–Crippen MR) is 145 cm³/mol. The van der Waals surface area contributed by atoms with Crippen LogP contribution in [0.3, 0.4) is 0 Å². The van der Waals surface area contributed by atoms with Gasteiger partial charge in [0.05, 0.1) is 0 Å². The molecule has 1 amide bonds. The molecule has 4 heteroatoms. The van der Waals surface area contributed by atoms with Crippen LogP contribution in [0.25, 0.3) is 11.1 Å². The van der Waals surface area contributed by atoms with E-state index in [0.717, 1.165) is 55.0 Å². The van der Waals surface area contributed by atoms with Crippen molar-refractivity contribution in [2.75, 3.05) is 23.7 Å². The largest absolute Gasteiger partial charge is 0.382 e. The second-order valence-corrected chi connectivity index (χ2v) is 9.12. The fourth-order valence-corrected chi connectivity index (χ4v) is 4.71. The number of piperidine rings is 1. The molecule has 4 aromatic rings. The summed E-state index contributed by atoms with van der Waals surface area (Å²) in [6.07, 6.45) is 2.25. The van der Waals surface area contributed by atoms with Gasteiger partial charge in [-0.15, -0.1) is 0 Å². The lowest BCUT2D eigenvalue weighted by atomic mass is 9.99. The molecule has 0 aliphatic carbocycles. The van der Waals surface area contributed by atoms with Crippen molar-refractivity contribution >= 4 is 17.3 Å². The molecule has 4 nitrogen and oxygen atoms in total. The molecule has 0 aromatic heterocycles. The lowest BCUT2D eigenvalue weighted by molar-refractivity contribution is 0.102. The van der Waals surface area contributed by atoms with E-state index in [-0.39, 0.29) is 5.91 Å². The quantitative estimate of drug-likeness (QED) is 0.323. The van der Waals surface area contributed by atoms with Gasteiger partial charge < -0.3 is 10.6 Å². The molecule has 4 aromatic carbocycles. The van der Waals surface area contributed by atoms with Crippen LogP contribution in [-0.2, 0) is 6.54 Å². The Balaban J connectivity index is 1.15. The van der Waals surface area contributed by atoms with Crippen molar-refractivity contribution in [1.82, 2.24) is 4.90 Å². The number of likely N-dealkylation sites (tertiary alicyclic amines) is 1. The fraction of sp³-hybridized carbons (Fsp3) is 0.194. The second-order valence-electron chi connectivity index (χ2n) is 9.12. The molecule has 1 fully saturated rings. The van der Waals surface area contributed by atoms with Gasteiger partial charge in [0, 0.05) is 42.6 Å². The van der Waals surface area contributed by atoms with Crippen LogP contribution in [0.2, 0.25) is 0 Å². The van der Waals surface area contributed by atoms with E-state index >= 15 is 0 Å². The molecule has 1 heterocycles. The molecule has 1 saturated heterocycles. The number of hydrogen-bond acceptors (Lipinski definition) is 3. The van der Waals surface area contributed by atoms with E-state index in [1.165, 1.54) is 5.56 Å². The third-order valence-corrected chi connectivity index (χ3v) is 6.61. The minimum Gasteiger partial charge on any atom is -0.382 e. The number of amides is 1. The highest BCUT2D eigenvalue weighted by atomic mass is 16.1. The van der Waals surface area contributed by atoms with Crippen molar-refractivity contribution < 1.29 is 4.79 Å². The van der Waals surface area contributed by atoms with Crippen LogP contribution in [0.15, 0.2) is 109 Å². The zero-order valence-electron chi connectivity index (χ0n) is 19.9. The molecule has 1 aliphatic heterocycles. The lowest BCUT2D eigenvalue weighted by Crippen LogP contribution is -2.38. The number of nitrogens with zero attached hydrogens (tertiary/aromatic N) is 1. The zero-order chi connectivity index (χ0) is 23.9. The Morgan fingerprint density at radius 2 is 1.31 bits per heavy atom. The first-order valence-corrected chi connectivity index (χ1v) is 12.3. The number of carbonyl (C=O) groups is 1. The number of anilines is 2. The minimum atomic E-state index is -0.101. The van der Waals surface area contributed by atoms with Gasteiger partial charge in [-0.05, 0) is 59.9 Å². The van der Waals surface area contributed by atoms with Gasteiger partial charge in [-0.1, -0.05) is 78.9 Å². The van der Waals surface area contributed by atoms with E-state index in [4.69, 9.17) is 0 Å². The average molecular weight is 462 g/mol. The Bertz CT molecular complexity index is 1230. The van der Waals surface area contributed by atoms with E-state index in [9.17, 15) is 4.79 Å². The van der Waals surface area contributed by atoms with E-state index in [1.807, 2.05) is 66.7 Å². The predicted octanol–water partition coefficient (Wildman–Crippen LogP) is 6.68. The van der Waals surface area contributed by atoms with Gasteiger partial charge in [0.1, 0.15) is 0 Å². The Morgan fingerprint density at radius 1 is 0.714 bits per heavy atom. The summed E-state index contributed by atoms with van der Waals surface area (Å²) in [6.45, 7) is 3.22. The standard InChI is InChI=1S/C31H31N3O/c35-31(30-14-8-7-13-29(30)25-11-5-2-6-12-25)33-27-17-15-26(16-18-27)32-28-19-21-34(22-20-28)23-24-9-3-1-4-10-24/h1-18,28,32H,19-23H2,(H,33,35). The molecule has 176 valence electrons. The SMILES string of the molecule is O=C(Nc1ccc(NC2CCN(Cc3ccccc3)CC2)cc1)c1ccccc1-c1ccccc1. The Morgan fingerprint density at radius 3 is 2.03 bits per heavy atom. The van der Waals surface area contributed by atoms with E-state index in [2.05, 4.69) is 58.0 Å². The van der Waals surface area contributed by atoms with Crippen molar-refractivity contribution in [3.63, 3.8) is 0 Å². The van der Waals surface area contributed by atoms with Gasteiger partial charge in [0.2, 0.25) is 0 Å². The smallest absolute Gasteiger partial charge is 0.256 e. The highest BCUT2D eigenvalue weighted by Gasteiger charge is 2.19. The van der Waals surface area contributed by atoms with Crippen molar-refractivity contribution in [1.29, 1.82) is 0 Å².